The van der Waals surface area contributed by atoms with E-state index >= 15 is 0 Å². The van der Waals surface area contributed by atoms with Crippen LogP contribution in [0.25, 0.3) is 0 Å². The quantitative estimate of drug-likeness (QED) is 0.746. The Balaban J connectivity index is 2.21. The van der Waals surface area contributed by atoms with E-state index in [1.807, 2.05) is 30.3 Å². The summed E-state index contributed by atoms with van der Waals surface area (Å²) in [6.45, 7) is 0.432. The van der Waals surface area contributed by atoms with Crippen LogP contribution in [0.3, 0.4) is 0 Å². The van der Waals surface area contributed by atoms with Crippen LogP contribution < -0.4 is 5.32 Å². The lowest BCUT2D eigenvalue weighted by molar-refractivity contribution is -0.123. The van der Waals surface area contributed by atoms with Crippen molar-refractivity contribution in [1.29, 1.82) is 0 Å². The number of hydrogen-bond acceptors (Lipinski definition) is 2. The zero-order valence-corrected chi connectivity index (χ0v) is 8.40. The van der Waals surface area contributed by atoms with E-state index in [4.69, 9.17) is 0 Å². The van der Waals surface area contributed by atoms with Gasteiger partial charge in [-0.15, -0.1) is 0 Å². The van der Waals surface area contributed by atoms with Gasteiger partial charge in [-0.1, -0.05) is 30.3 Å². The van der Waals surface area contributed by atoms with E-state index in [1.165, 1.54) is 0 Å². The first-order chi connectivity index (χ1) is 7.27. The molecule has 1 fully saturated rings. The van der Waals surface area contributed by atoms with Crippen LogP contribution in [-0.4, -0.2) is 18.2 Å². The topological polar surface area (TPSA) is 46.2 Å². The Morgan fingerprint density at radius 2 is 1.80 bits per heavy atom. The Bertz CT molecular complexity index is 372. The maximum absolute atomic E-state index is 11.8. The number of rotatable bonds is 1. The molecular weight excluding hydrogens is 190 g/mol. The summed E-state index contributed by atoms with van der Waals surface area (Å²) in [5.74, 6) is -0.0426. The molecule has 0 spiro atoms. The van der Waals surface area contributed by atoms with Crippen molar-refractivity contribution in [2.45, 2.75) is 18.8 Å². The van der Waals surface area contributed by atoms with Crippen molar-refractivity contribution in [3.8, 4) is 0 Å². The van der Waals surface area contributed by atoms with Crippen LogP contribution in [0.4, 0.5) is 0 Å². The van der Waals surface area contributed by atoms with Gasteiger partial charge in [0.05, 0.1) is 5.92 Å². The Kier molecular flexibility index (Phi) is 2.81. The average molecular weight is 203 g/mol. The highest BCUT2D eigenvalue weighted by Crippen LogP contribution is 2.20. The molecule has 0 radical (unpaired) electrons. The van der Waals surface area contributed by atoms with Gasteiger partial charge >= 0.3 is 0 Å². The van der Waals surface area contributed by atoms with Gasteiger partial charge in [0.25, 0.3) is 0 Å². The minimum atomic E-state index is -0.169. The van der Waals surface area contributed by atoms with Crippen LogP contribution in [0.2, 0.25) is 0 Å². The Morgan fingerprint density at radius 3 is 2.53 bits per heavy atom. The molecule has 0 bridgehead atoms. The van der Waals surface area contributed by atoms with Crippen LogP contribution in [0, 0.1) is 0 Å². The fourth-order valence-electron chi connectivity index (χ4n) is 1.82. The van der Waals surface area contributed by atoms with E-state index in [9.17, 15) is 9.59 Å². The number of Topliss-reactive ketones (excluding diaryl/α,β-unsaturated/α-hetero) is 1. The summed E-state index contributed by atoms with van der Waals surface area (Å²) in [5, 5.41) is 2.76. The largest absolute Gasteiger partial charge is 0.355 e. The molecule has 1 aliphatic rings. The molecule has 2 rings (SSSR count). The Morgan fingerprint density at radius 1 is 1.07 bits per heavy atom. The van der Waals surface area contributed by atoms with Gasteiger partial charge in [-0.3, -0.25) is 9.59 Å². The normalized spacial score (nSPS) is 22.0. The molecule has 1 aliphatic heterocycles. The minimum absolute atomic E-state index is 0.0261. The SMILES string of the molecule is O=C1CCC(=O)C(c2ccccc2)CN1. The first-order valence-corrected chi connectivity index (χ1v) is 5.12. The van der Waals surface area contributed by atoms with E-state index in [0.717, 1.165) is 5.56 Å². The van der Waals surface area contributed by atoms with Crippen molar-refractivity contribution >= 4 is 11.7 Å². The predicted octanol–water partition coefficient (Wildman–Crippen LogP) is 1.25. The lowest BCUT2D eigenvalue weighted by Crippen LogP contribution is -2.26. The van der Waals surface area contributed by atoms with Gasteiger partial charge < -0.3 is 5.32 Å². The van der Waals surface area contributed by atoms with Crippen molar-refractivity contribution in [1.82, 2.24) is 5.32 Å². The lowest BCUT2D eigenvalue weighted by Gasteiger charge is -2.12. The van der Waals surface area contributed by atoms with E-state index < -0.39 is 0 Å². The summed E-state index contributed by atoms with van der Waals surface area (Å²) in [4.78, 5) is 22.9. The summed E-state index contributed by atoms with van der Waals surface area (Å²) in [6, 6.07) is 9.61. The lowest BCUT2D eigenvalue weighted by atomic mass is 9.93. The van der Waals surface area contributed by atoms with E-state index in [2.05, 4.69) is 5.32 Å². The summed E-state index contributed by atoms with van der Waals surface area (Å²) in [5.41, 5.74) is 0.990. The van der Waals surface area contributed by atoms with E-state index in [-0.39, 0.29) is 17.6 Å². The molecule has 0 saturated carbocycles. The monoisotopic (exact) mass is 203 g/mol. The minimum Gasteiger partial charge on any atom is -0.355 e. The highest BCUT2D eigenvalue weighted by atomic mass is 16.2. The molecule has 1 atom stereocenters. The number of hydrogen-bond donors (Lipinski definition) is 1. The molecule has 1 saturated heterocycles. The second-order valence-electron chi connectivity index (χ2n) is 3.73. The fraction of sp³-hybridized carbons (Fsp3) is 0.333. The van der Waals surface area contributed by atoms with Gasteiger partial charge in [0.2, 0.25) is 5.91 Å². The first-order valence-electron chi connectivity index (χ1n) is 5.12. The number of nitrogens with one attached hydrogen (secondary N) is 1. The van der Waals surface area contributed by atoms with E-state index in [0.29, 0.717) is 19.4 Å². The molecule has 3 heteroatoms. The molecule has 15 heavy (non-hydrogen) atoms. The molecule has 1 amide bonds. The van der Waals surface area contributed by atoms with Gasteiger partial charge in [-0.25, -0.2) is 0 Å². The van der Waals surface area contributed by atoms with Gasteiger partial charge in [0.1, 0.15) is 5.78 Å². The zero-order valence-electron chi connectivity index (χ0n) is 8.40. The van der Waals surface area contributed by atoms with Gasteiger partial charge in [0.15, 0.2) is 0 Å². The third-order valence-corrected chi connectivity index (χ3v) is 2.69. The molecular formula is C12H13NO2. The third kappa shape index (κ3) is 2.24. The van der Waals surface area contributed by atoms with Crippen LogP contribution in [-0.2, 0) is 9.59 Å². The van der Waals surface area contributed by atoms with Crippen molar-refractivity contribution in [2.24, 2.45) is 0 Å². The number of amides is 1. The number of benzene rings is 1. The molecule has 0 aromatic heterocycles. The Labute approximate surface area is 88.5 Å². The van der Waals surface area contributed by atoms with Crippen LogP contribution in [0.1, 0.15) is 24.3 Å². The Hall–Kier alpha value is -1.64. The third-order valence-electron chi connectivity index (χ3n) is 2.69. The molecule has 78 valence electrons. The molecule has 1 aromatic carbocycles. The number of carbonyl (C=O) groups excluding carboxylic acids is 2. The summed E-state index contributed by atoms with van der Waals surface area (Å²) in [7, 11) is 0. The highest BCUT2D eigenvalue weighted by molar-refractivity contribution is 5.92. The maximum atomic E-state index is 11.8. The first kappa shape index (κ1) is 9.90. The standard InChI is InChI=1S/C12H13NO2/c14-11-6-7-12(15)13-8-10(11)9-4-2-1-3-5-9/h1-5,10H,6-8H2,(H,13,15). The summed E-state index contributed by atoms with van der Waals surface area (Å²) >= 11 is 0. The van der Waals surface area contributed by atoms with Gasteiger partial charge in [0, 0.05) is 19.4 Å². The van der Waals surface area contributed by atoms with Crippen molar-refractivity contribution in [3.63, 3.8) is 0 Å². The molecule has 3 nitrogen and oxygen atoms in total. The predicted molar refractivity (Wildman–Crippen MR) is 56.4 cm³/mol. The molecule has 1 aromatic rings. The number of carbonyl (C=O) groups is 2. The van der Waals surface area contributed by atoms with Crippen LogP contribution in [0.15, 0.2) is 30.3 Å². The summed E-state index contributed by atoms with van der Waals surface area (Å²) < 4.78 is 0. The second kappa shape index (κ2) is 4.26. The number of ketones is 1. The highest BCUT2D eigenvalue weighted by Gasteiger charge is 2.24. The molecule has 1 unspecified atom stereocenters. The van der Waals surface area contributed by atoms with Crippen LogP contribution >= 0.6 is 0 Å². The van der Waals surface area contributed by atoms with E-state index in [1.54, 1.807) is 0 Å². The molecule has 1 heterocycles. The van der Waals surface area contributed by atoms with Crippen molar-refractivity contribution < 1.29 is 9.59 Å². The fourth-order valence-corrected chi connectivity index (χ4v) is 1.82. The van der Waals surface area contributed by atoms with Gasteiger partial charge in [-0.2, -0.15) is 0 Å². The molecule has 0 aliphatic carbocycles. The van der Waals surface area contributed by atoms with Crippen LogP contribution in [0.5, 0.6) is 0 Å². The average Bonchev–Trinajstić information content (AvgIpc) is 2.43. The zero-order chi connectivity index (χ0) is 10.7. The maximum Gasteiger partial charge on any atom is 0.220 e. The van der Waals surface area contributed by atoms with Gasteiger partial charge in [-0.05, 0) is 5.56 Å². The molecule has 1 N–H and O–H groups in total. The summed E-state index contributed by atoms with van der Waals surface area (Å²) in [6.07, 6.45) is 0.674. The second-order valence-corrected chi connectivity index (χ2v) is 3.73. The smallest absolute Gasteiger partial charge is 0.220 e. The van der Waals surface area contributed by atoms with Crippen molar-refractivity contribution in [3.05, 3.63) is 35.9 Å². The van der Waals surface area contributed by atoms with Crippen molar-refractivity contribution in [2.75, 3.05) is 6.54 Å².